The molecule has 0 radical (unpaired) electrons. The van der Waals surface area contributed by atoms with Crippen molar-refractivity contribution in [2.24, 2.45) is 0 Å². The quantitative estimate of drug-likeness (QED) is 0.674. The fraction of sp³-hybridized carbons (Fsp3) is 0.111. The van der Waals surface area contributed by atoms with E-state index in [9.17, 15) is 4.79 Å². The fourth-order valence-electron chi connectivity index (χ4n) is 2.34. The maximum Gasteiger partial charge on any atom is 0.273 e. The van der Waals surface area contributed by atoms with Crippen LogP contribution in [-0.2, 0) is 0 Å². The number of methoxy groups -OCH3 is 2. The lowest BCUT2D eigenvalue weighted by Gasteiger charge is -2.08. The summed E-state index contributed by atoms with van der Waals surface area (Å²) in [6.07, 6.45) is 0. The molecule has 1 heterocycles. The molecule has 6 nitrogen and oxygen atoms in total. The second-order valence-corrected chi connectivity index (χ2v) is 6.02. The topological polar surface area (TPSA) is 76.2 Å². The van der Waals surface area contributed by atoms with Gasteiger partial charge in [-0.25, -0.2) is 0 Å². The molecule has 3 aromatic rings. The van der Waals surface area contributed by atoms with E-state index in [0.29, 0.717) is 28.6 Å². The number of hydrogen-bond acceptors (Lipinski definition) is 4. The maximum atomic E-state index is 12.4. The predicted molar refractivity (Wildman–Crippen MR) is 99.2 cm³/mol. The summed E-state index contributed by atoms with van der Waals surface area (Å²) in [5.41, 5.74) is 2.41. The van der Waals surface area contributed by atoms with Gasteiger partial charge in [0, 0.05) is 16.1 Å². The van der Waals surface area contributed by atoms with Crippen molar-refractivity contribution in [3.05, 3.63) is 58.7 Å². The Labute approximate surface area is 153 Å². The molecule has 25 heavy (non-hydrogen) atoms. The van der Waals surface area contributed by atoms with Gasteiger partial charge in [-0.1, -0.05) is 12.1 Å². The number of anilines is 1. The van der Waals surface area contributed by atoms with Crippen molar-refractivity contribution < 1.29 is 14.3 Å². The van der Waals surface area contributed by atoms with Crippen LogP contribution in [0, 0.1) is 0 Å². The third-order valence-electron chi connectivity index (χ3n) is 3.63. The first-order chi connectivity index (χ1) is 12.1. The molecule has 0 atom stereocenters. The van der Waals surface area contributed by atoms with E-state index in [1.807, 2.05) is 36.4 Å². The van der Waals surface area contributed by atoms with Crippen molar-refractivity contribution in [3.8, 4) is 22.8 Å². The van der Waals surface area contributed by atoms with E-state index in [1.54, 1.807) is 26.4 Å². The van der Waals surface area contributed by atoms with Gasteiger partial charge in [0.15, 0.2) is 0 Å². The molecule has 128 valence electrons. The highest BCUT2D eigenvalue weighted by molar-refractivity contribution is 9.10. The van der Waals surface area contributed by atoms with E-state index in [0.717, 1.165) is 10.0 Å². The molecular weight excluding hydrogens is 386 g/mol. The van der Waals surface area contributed by atoms with Crippen LogP contribution in [0.4, 0.5) is 5.69 Å². The van der Waals surface area contributed by atoms with Crippen LogP contribution in [0.1, 0.15) is 10.5 Å². The molecule has 1 aromatic heterocycles. The number of para-hydroxylation sites is 1. The second-order valence-electron chi connectivity index (χ2n) is 5.17. The highest BCUT2D eigenvalue weighted by Crippen LogP contribution is 2.32. The van der Waals surface area contributed by atoms with Gasteiger partial charge in [-0.05, 0) is 46.3 Å². The molecule has 3 rings (SSSR count). The summed E-state index contributed by atoms with van der Waals surface area (Å²) in [5.74, 6) is 1.02. The Morgan fingerprint density at radius 2 is 1.92 bits per heavy atom. The van der Waals surface area contributed by atoms with Crippen LogP contribution in [0.15, 0.2) is 53.0 Å². The number of hydrogen-bond donors (Lipinski definition) is 2. The van der Waals surface area contributed by atoms with Gasteiger partial charge in [0.1, 0.15) is 17.2 Å². The Morgan fingerprint density at radius 1 is 1.12 bits per heavy atom. The lowest BCUT2D eigenvalue weighted by molar-refractivity contribution is 0.102. The van der Waals surface area contributed by atoms with Gasteiger partial charge in [0.2, 0.25) is 0 Å². The predicted octanol–water partition coefficient (Wildman–Crippen LogP) is 4.11. The zero-order valence-electron chi connectivity index (χ0n) is 13.7. The second kappa shape index (κ2) is 7.40. The highest BCUT2D eigenvalue weighted by atomic mass is 79.9. The van der Waals surface area contributed by atoms with E-state index in [-0.39, 0.29) is 5.91 Å². The average Bonchev–Trinajstić information content (AvgIpc) is 3.13. The first-order valence-corrected chi connectivity index (χ1v) is 8.25. The highest BCUT2D eigenvalue weighted by Gasteiger charge is 2.15. The van der Waals surface area contributed by atoms with E-state index < -0.39 is 0 Å². The number of rotatable bonds is 5. The molecule has 0 fully saturated rings. The first-order valence-electron chi connectivity index (χ1n) is 7.46. The molecule has 0 bridgehead atoms. The van der Waals surface area contributed by atoms with Crippen LogP contribution < -0.4 is 14.8 Å². The largest absolute Gasteiger partial charge is 0.497 e. The van der Waals surface area contributed by atoms with Crippen LogP contribution in [0.3, 0.4) is 0 Å². The van der Waals surface area contributed by atoms with E-state index in [4.69, 9.17) is 9.47 Å². The summed E-state index contributed by atoms with van der Waals surface area (Å²) in [6.45, 7) is 0. The number of H-pyrrole nitrogens is 1. The van der Waals surface area contributed by atoms with E-state index in [2.05, 4.69) is 31.4 Å². The number of nitrogens with one attached hydrogen (secondary N) is 2. The van der Waals surface area contributed by atoms with Gasteiger partial charge in [-0.3, -0.25) is 9.89 Å². The Kier molecular flexibility index (Phi) is 5.04. The SMILES string of the molecule is COc1ccc(-c2cc(C(=O)Nc3ccccc3Br)[nH]n2)c(OC)c1. The minimum atomic E-state index is -0.280. The third-order valence-corrected chi connectivity index (χ3v) is 4.32. The Hall–Kier alpha value is -2.80. The van der Waals surface area contributed by atoms with E-state index in [1.165, 1.54) is 0 Å². The number of amides is 1. The summed E-state index contributed by atoms with van der Waals surface area (Å²) in [6, 6.07) is 14.5. The number of ether oxygens (including phenoxy) is 2. The fourth-order valence-corrected chi connectivity index (χ4v) is 2.72. The molecule has 0 aliphatic heterocycles. The zero-order chi connectivity index (χ0) is 17.8. The van der Waals surface area contributed by atoms with Gasteiger partial charge in [0.25, 0.3) is 5.91 Å². The Bertz CT molecular complexity index is 908. The minimum absolute atomic E-state index is 0.280. The van der Waals surface area contributed by atoms with Crippen molar-refractivity contribution >= 4 is 27.5 Å². The number of aromatic amines is 1. The molecule has 0 saturated heterocycles. The monoisotopic (exact) mass is 401 g/mol. The van der Waals surface area contributed by atoms with Crippen molar-refractivity contribution in [1.29, 1.82) is 0 Å². The van der Waals surface area contributed by atoms with Gasteiger partial charge in [0.05, 0.1) is 25.6 Å². The third kappa shape index (κ3) is 3.66. The Morgan fingerprint density at radius 3 is 2.64 bits per heavy atom. The van der Waals surface area contributed by atoms with Crippen molar-refractivity contribution in [2.75, 3.05) is 19.5 Å². The van der Waals surface area contributed by atoms with Gasteiger partial charge in [-0.2, -0.15) is 5.10 Å². The zero-order valence-corrected chi connectivity index (χ0v) is 15.3. The van der Waals surface area contributed by atoms with Crippen LogP contribution in [0.25, 0.3) is 11.3 Å². The van der Waals surface area contributed by atoms with Crippen LogP contribution >= 0.6 is 15.9 Å². The number of nitrogens with zero attached hydrogens (tertiary/aromatic N) is 1. The lowest BCUT2D eigenvalue weighted by atomic mass is 10.1. The molecule has 2 N–H and O–H groups in total. The van der Waals surface area contributed by atoms with Crippen LogP contribution in [-0.4, -0.2) is 30.3 Å². The van der Waals surface area contributed by atoms with Gasteiger partial charge in [-0.15, -0.1) is 0 Å². The summed E-state index contributed by atoms with van der Waals surface area (Å²) in [7, 11) is 3.17. The van der Waals surface area contributed by atoms with E-state index >= 15 is 0 Å². The number of carbonyl (C=O) groups is 1. The molecular formula is C18H16BrN3O3. The number of halogens is 1. The summed E-state index contributed by atoms with van der Waals surface area (Å²) in [4.78, 5) is 12.4. The molecule has 0 aliphatic carbocycles. The molecule has 0 saturated carbocycles. The summed E-state index contributed by atoms with van der Waals surface area (Å²) < 4.78 is 11.4. The smallest absolute Gasteiger partial charge is 0.273 e. The lowest BCUT2D eigenvalue weighted by Crippen LogP contribution is -2.12. The van der Waals surface area contributed by atoms with Crippen molar-refractivity contribution in [1.82, 2.24) is 10.2 Å². The minimum Gasteiger partial charge on any atom is -0.497 e. The van der Waals surface area contributed by atoms with Crippen LogP contribution in [0.5, 0.6) is 11.5 Å². The summed E-state index contributed by atoms with van der Waals surface area (Å²) >= 11 is 3.40. The average molecular weight is 402 g/mol. The number of benzene rings is 2. The van der Waals surface area contributed by atoms with Crippen molar-refractivity contribution in [2.45, 2.75) is 0 Å². The molecule has 0 spiro atoms. The molecule has 7 heteroatoms. The normalized spacial score (nSPS) is 10.4. The first kappa shape index (κ1) is 17.0. The molecule has 0 unspecified atom stereocenters. The maximum absolute atomic E-state index is 12.4. The van der Waals surface area contributed by atoms with Gasteiger partial charge < -0.3 is 14.8 Å². The molecule has 2 aromatic carbocycles. The van der Waals surface area contributed by atoms with Crippen LogP contribution in [0.2, 0.25) is 0 Å². The standard InChI is InChI=1S/C18H16BrN3O3/c1-24-11-7-8-12(17(9-11)25-2)15-10-16(22-21-15)18(23)20-14-6-4-3-5-13(14)19/h3-10H,1-2H3,(H,20,23)(H,21,22). The van der Waals surface area contributed by atoms with Crippen molar-refractivity contribution in [3.63, 3.8) is 0 Å². The summed E-state index contributed by atoms with van der Waals surface area (Å²) in [5, 5.41) is 9.81. The number of aromatic nitrogens is 2. The molecule has 1 amide bonds. The molecule has 0 aliphatic rings. The Balaban J connectivity index is 1.85. The number of carbonyl (C=O) groups excluding carboxylic acids is 1. The van der Waals surface area contributed by atoms with Gasteiger partial charge >= 0.3 is 0 Å².